The summed E-state index contributed by atoms with van der Waals surface area (Å²) in [6.07, 6.45) is 2.17. The van der Waals surface area contributed by atoms with Crippen LogP contribution in [0.1, 0.15) is 52.5 Å². The fourth-order valence-electron chi connectivity index (χ4n) is 4.68. The topological polar surface area (TPSA) is 90.8 Å². The molecule has 160 valence electrons. The van der Waals surface area contributed by atoms with Crippen LogP contribution in [0.25, 0.3) is 5.65 Å². The molecule has 2 amide bonds. The first-order valence-electron chi connectivity index (χ1n) is 10.7. The second-order valence-electron chi connectivity index (χ2n) is 8.45. The Labute approximate surface area is 179 Å². The molecule has 1 fully saturated rings. The molecule has 4 heterocycles. The van der Waals surface area contributed by atoms with Gasteiger partial charge in [0.25, 0.3) is 11.5 Å². The fraction of sp³-hybridized carbons (Fsp3) is 0.391. The SMILES string of the molecule is Cc1cc(=O)n2[nH]c(C3CCCN(C(=O)CCN4Cc5ccccc5C4=O)C3)cc2n1. The molecule has 5 rings (SSSR count). The van der Waals surface area contributed by atoms with E-state index in [1.165, 1.54) is 10.6 Å². The highest BCUT2D eigenvalue weighted by molar-refractivity contribution is 5.98. The number of H-pyrrole nitrogens is 1. The number of carbonyl (C=O) groups is 2. The minimum atomic E-state index is -0.131. The lowest BCUT2D eigenvalue weighted by atomic mass is 9.94. The smallest absolute Gasteiger partial charge is 0.272 e. The number of likely N-dealkylation sites (tertiary alicyclic amines) is 1. The molecule has 0 saturated carbocycles. The summed E-state index contributed by atoms with van der Waals surface area (Å²) >= 11 is 0. The van der Waals surface area contributed by atoms with Gasteiger partial charge in [-0.3, -0.25) is 19.5 Å². The molecule has 2 aromatic heterocycles. The minimum absolute atomic E-state index is 0.00577. The van der Waals surface area contributed by atoms with E-state index < -0.39 is 0 Å². The van der Waals surface area contributed by atoms with Gasteiger partial charge in [0.15, 0.2) is 5.65 Å². The minimum Gasteiger partial charge on any atom is -0.342 e. The Morgan fingerprint density at radius 1 is 1.23 bits per heavy atom. The number of rotatable bonds is 4. The quantitative estimate of drug-likeness (QED) is 0.701. The van der Waals surface area contributed by atoms with E-state index in [-0.39, 0.29) is 23.3 Å². The molecule has 31 heavy (non-hydrogen) atoms. The second-order valence-corrected chi connectivity index (χ2v) is 8.45. The van der Waals surface area contributed by atoms with Crippen molar-refractivity contribution >= 4 is 17.5 Å². The molecule has 0 radical (unpaired) electrons. The van der Waals surface area contributed by atoms with E-state index >= 15 is 0 Å². The van der Waals surface area contributed by atoms with Crippen molar-refractivity contribution < 1.29 is 9.59 Å². The van der Waals surface area contributed by atoms with Gasteiger partial charge in [0, 0.05) is 67.6 Å². The zero-order valence-electron chi connectivity index (χ0n) is 17.5. The van der Waals surface area contributed by atoms with Crippen molar-refractivity contribution in [2.45, 2.75) is 38.6 Å². The Bertz CT molecular complexity index is 1230. The molecular weight excluding hydrogens is 394 g/mol. The number of aromatic nitrogens is 3. The van der Waals surface area contributed by atoms with Crippen LogP contribution in [0.2, 0.25) is 0 Å². The average molecular weight is 419 g/mol. The zero-order valence-corrected chi connectivity index (χ0v) is 17.5. The molecular formula is C23H25N5O3. The van der Waals surface area contributed by atoms with Gasteiger partial charge in [0.2, 0.25) is 5.91 Å². The Morgan fingerprint density at radius 2 is 2.06 bits per heavy atom. The van der Waals surface area contributed by atoms with Crippen molar-refractivity contribution in [2.24, 2.45) is 0 Å². The van der Waals surface area contributed by atoms with Crippen molar-refractivity contribution in [3.63, 3.8) is 0 Å². The normalized spacial score (nSPS) is 18.6. The molecule has 0 aliphatic carbocycles. The van der Waals surface area contributed by atoms with Crippen molar-refractivity contribution in [2.75, 3.05) is 19.6 Å². The van der Waals surface area contributed by atoms with Crippen LogP contribution in [0, 0.1) is 6.92 Å². The lowest BCUT2D eigenvalue weighted by Crippen LogP contribution is -2.40. The first-order chi connectivity index (χ1) is 15.0. The molecule has 1 N–H and O–H groups in total. The third kappa shape index (κ3) is 3.62. The van der Waals surface area contributed by atoms with Crippen LogP contribution in [0.15, 0.2) is 41.2 Å². The van der Waals surface area contributed by atoms with Crippen LogP contribution in [-0.2, 0) is 11.3 Å². The summed E-state index contributed by atoms with van der Waals surface area (Å²) in [5.41, 5.74) is 3.86. The van der Waals surface area contributed by atoms with Crippen LogP contribution in [0.3, 0.4) is 0 Å². The van der Waals surface area contributed by atoms with E-state index in [1.807, 2.05) is 35.2 Å². The number of aromatic amines is 1. The second kappa shape index (κ2) is 7.68. The van der Waals surface area contributed by atoms with Crippen LogP contribution in [0.5, 0.6) is 0 Å². The van der Waals surface area contributed by atoms with Gasteiger partial charge in [-0.1, -0.05) is 18.2 Å². The summed E-state index contributed by atoms with van der Waals surface area (Å²) in [7, 11) is 0. The molecule has 0 spiro atoms. The number of nitrogens with one attached hydrogen (secondary N) is 1. The molecule has 8 heteroatoms. The van der Waals surface area contributed by atoms with Gasteiger partial charge in [-0.05, 0) is 31.4 Å². The van der Waals surface area contributed by atoms with Crippen LogP contribution in [-0.4, -0.2) is 55.8 Å². The molecule has 1 unspecified atom stereocenters. The first kappa shape index (κ1) is 19.5. The monoisotopic (exact) mass is 419 g/mol. The van der Waals surface area contributed by atoms with E-state index in [4.69, 9.17) is 0 Å². The number of amides is 2. The Morgan fingerprint density at radius 3 is 2.90 bits per heavy atom. The Hall–Kier alpha value is -3.42. The lowest BCUT2D eigenvalue weighted by Gasteiger charge is -2.32. The van der Waals surface area contributed by atoms with Crippen molar-refractivity contribution in [1.82, 2.24) is 24.4 Å². The predicted molar refractivity (Wildman–Crippen MR) is 115 cm³/mol. The number of benzene rings is 1. The average Bonchev–Trinajstić information content (AvgIpc) is 3.34. The number of hydrogen-bond acceptors (Lipinski definition) is 4. The van der Waals surface area contributed by atoms with E-state index in [0.29, 0.717) is 37.4 Å². The standard InChI is InChI=1S/C23H25N5O3/c1-15-11-22(30)28-20(24-15)12-19(25-28)17-6-4-9-26(14-17)21(29)8-10-27-13-16-5-2-3-7-18(16)23(27)31/h2-3,5,7,11-12,17,25H,4,6,8-10,13-14H2,1H3. The Kier molecular flexibility index (Phi) is 4.84. The van der Waals surface area contributed by atoms with Crippen molar-refractivity contribution in [3.8, 4) is 0 Å². The molecule has 2 aliphatic rings. The largest absolute Gasteiger partial charge is 0.342 e. The molecule has 1 aromatic carbocycles. The van der Waals surface area contributed by atoms with Gasteiger partial charge in [-0.25, -0.2) is 9.50 Å². The summed E-state index contributed by atoms with van der Waals surface area (Å²) < 4.78 is 1.46. The van der Waals surface area contributed by atoms with Gasteiger partial charge >= 0.3 is 0 Å². The highest BCUT2D eigenvalue weighted by Crippen LogP contribution is 2.27. The van der Waals surface area contributed by atoms with E-state index in [0.717, 1.165) is 36.2 Å². The molecule has 2 aliphatic heterocycles. The number of carbonyl (C=O) groups excluding carboxylic acids is 2. The van der Waals surface area contributed by atoms with Crippen molar-refractivity contribution in [1.29, 1.82) is 0 Å². The third-order valence-corrected chi connectivity index (χ3v) is 6.30. The summed E-state index contributed by atoms with van der Waals surface area (Å²) in [5.74, 6) is 0.207. The molecule has 1 atom stereocenters. The number of fused-ring (bicyclic) bond motifs is 2. The van der Waals surface area contributed by atoms with Gasteiger partial charge in [-0.2, -0.15) is 0 Å². The summed E-state index contributed by atoms with van der Waals surface area (Å²) in [4.78, 5) is 45.7. The summed E-state index contributed by atoms with van der Waals surface area (Å²) in [5, 5.41) is 3.16. The van der Waals surface area contributed by atoms with Gasteiger partial charge in [0.1, 0.15) is 0 Å². The van der Waals surface area contributed by atoms with Crippen LogP contribution < -0.4 is 5.56 Å². The van der Waals surface area contributed by atoms with E-state index in [1.54, 1.807) is 11.8 Å². The number of hydrogen-bond donors (Lipinski definition) is 1. The summed E-state index contributed by atoms with van der Waals surface area (Å²) in [6, 6.07) is 11.0. The maximum Gasteiger partial charge on any atom is 0.272 e. The Balaban J connectivity index is 1.24. The van der Waals surface area contributed by atoms with Crippen molar-refractivity contribution in [3.05, 3.63) is 69.3 Å². The highest BCUT2D eigenvalue weighted by atomic mass is 16.2. The highest BCUT2D eigenvalue weighted by Gasteiger charge is 2.29. The molecule has 8 nitrogen and oxygen atoms in total. The third-order valence-electron chi connectivity index (χ3n) is 6.30. The van der Waals surface area contributed by atoms with Gasteiger partial charge < -0.3 is 9.80 Å². The number of nitrogens with zero attached hydrogens (tertiary/aromatic N) is 4. The van der Waals surface area contributed by atoms with Crippen LogP contribution >= 0.6 is 0 Å². The van der Waals surface area contributed by atoms with Crippen LogP contribution in [0.4, 0.5) is 0 Å². The lowest BCUT2D eigenvalue weighted by molar-refractivity contribution is -0.132. The maximum absolute atomic E-state index is 12.9. The predicted octanol–water partition coefficient (Wildman–Crippen LogP) is 2.08. The first-order valence-corrected chi connectivity index (χ1v) is 10.7. The molecule has 3 aromatic rings. The number of aryl methyl sites for hydroxylation is 1. The van der Waals surface area contributed by atoms with E-state index in [2.05, 4.69) is 10.1 Å². The molecule has 0 bridgehead atoms. The zero-order chi connectivity index (χ0) is 21.5. The molecule has 1 saturated heterocycles. The maximum atomic E-state index is 12.9. The van der Waals surface area contributed by atoms with Gasteiger partial charge in [0.05, 0.1) is 0 Å². The van der Waals surface area contributed by atoms with E-state index in [9.17, 15) is 14.4 Å². The van der Waals surface area contributed by atoms with Gasteiger partial charge in [-0.15, -0.1) is 0 Å². The number of piperidine rings is 1. The fourth-order valence-corrected chi connectivity index (χ4v) is 4.68. The summed E-state index contributed by atoms with van der Waals surface area (Å²) in [6.45, 7) is 4.13.